The first-order valence-corrected chi connectivity index (χ1v) is 12.0. The highest BCUT2D eigenvalue weighted by Gasteiger charge is 2.25. The number of amides is 2. The Morgan fingerprint density at radius 1 is 1.03 bits per heavy atom. The lowest BCUT2D eigenvalue weighted by Gasteiger charge is -2.12. The zero-order chi connectivity index (χ0) is 24.4. The maximum absolute atomic E-state index is 13.3. The zero-order valence-electron chi connectivity index (χ0n) is 19.3. The quantitative estimate of drug-likeness (QED) is 0.315. The fraction of sp³-hybridized carbons (Fsp3) is 0.192. The number of methoxy groups -OCH3 is 1. The van der Waals surface area contributed by atoms with Gasteiger partial charge in [-0.3, -0.25) is 9.59 Å². The number of aromatic nitrogens is 1. The first kappa shape index (κ1) is 23.7. The number of nitrogens with one attached hydrogen (secondary N) is 2. The monoisotopic (exact) mass is 493 g/mol. The Labute approximate surface area is 206 Å². The van der Waals surface area contributed by atoms with Crippen LogP contribution in [0.1, 0.15) is 43.8 Å². The summed E-state index contributed by atoms with van der Waals surface area (Å²) in [5, 5.41) is 7.01. The highest BCUT2D eigenvalue weighted by Crippen LogP contribution is 2.40. The van der Waals surface area contributed by atoms with E-state index in [2.05, 4.69) is 22.5 Å². The number of aryl methyl sites for hydroxylation is 3. The fourth-order valence-corrected chi connectivity index (χ4v) is 5.00. The Bertz CT molecular complexity index is 1400. The van der Waals surface area contributed by atoms with Gasteiger partial charge in [0.05, 0.1) is 29.1 Å². The molecule has 174 valence electrons. The number of ether oxygens (including phenoxy) is 1. The number of rotatable bonds is 6. The number of hydrogen-bond acceptors (Lipinski definition) is 5. The number of pyridine rings is 1. The minimum absolute atomic E-state index is 0.337. The number of benzene rings is 2. The minimum Gasteiger partial charge on any atom is -0.496 e. The molecule has 2 amide bonds. The van der Waals surface area contributed by atoms with Gasteiger partial charge in [0.25, 0.3) is 11.8 Å². The molecule has 8 heteroatoms. The van der Waals surface area contributed by atoms with Crippen LogP contribution in [-0.4, -0.2) is 23.9 Å². The van der Waals surface area contributed by atoms with Crippen LogP contribution in [0.3, 0.4) is 0 Å². The van der Waals surface area contributed by atoms with Crippen LogP contribution in [0.4, 0.5) is 11.4 Å². The average molecular weight is 494 g/mol. The first-order valence-electron chi connectivity index (χ1n) is 10.8. The Kier molecular flexibility index (Phi) is 6.86. The lowest BCUT2D eigenvalue weighted by Crippen LogP contribution is -2.17. The molecule has 6 nitrogen and oxygen atoms in total. The van der Waals surface area contributed by atoms with E-state index in [1.54, 1.807) is 24.3 Å². The van der Waals surface area contributed by atoms with E-state index in [1.807, 2.05) is 38.1 Å². The number of anilines is 2. The molecule has 2 aromatic heterocycles. The summed E-state index contributed by atoms with van der Waals surface area (Å²) in [5.41, 5.74) is 4.00. The Hall–Kier alpha value is -3.42. The van der Waals surface area contributed by atoms with Gasteiger partial charge >= 0.3 is 0 Å². The number of nitrogens with zero attached hydrogens (tertiary/aromatic N) is 1. The molecule has 0 saturated heterocycles. The van der Waals surface area contributed by atoms with Crippen LogP contribution in [-0.2, 0) is 6.42 Å². The molecule has 0 fully saturated rings. The number of thiophene rings is 1. The predicted octanol–water partition coefficient (Wildman–Crippen LogP) is 6.64. The molecular weight excluding hydrogens is 470 g/mol. The molecule has 34 heavy (non-hydrogen) atoms. The average Bonchev–Trinajstić information content (AvgIpc) is 3.20. The predicted molar refractivity (Wildman–Crippen MR) is 139 cm³/mol. The largest absolute Gasteiger partial charge is 0.496 e. The van der Waals surface area contributed by atoms with Crippen LogP contribution < -0.4 is 15.4 Å². The third kappa shape index (κ3) is 4.49. The lowest BCUT2D eigenvalue weighted by atomic mass is 10.1. The van der Waals surface area contributed by atoms with E-state index < -0.39 is 5.91 Å². The molecule has 0 unspecified atom stereocenters. The molecule has 4 rings (SSSR count). The molecule has 2 aromatic carbocycles. The van der Waals surface area contributed by atoms with Gasteiger partial charge in [0, 0.05) is 11.1 Å². The smallest absolute Gasteiger partial charge is 0.267 e. The molecular formula is C26H24ClN3O3S. The summed E-state index contributed by atoms with van der Waals surface area (Å²) in [7, 11) is 1.51. The van der Waals surface area contributed by atoms with Gasteiger partial charge in [0.1, 0.15) is 15.5 Å². The van der Waals surface area contributed by atoms with Crippen molar-refractivity contribution in [3.63, 3.8) is 0 Å². The van der Waals surface area contributed by atoms with Crippen LogP contribution in [0.15, 0.2) is 48.5 Å². The SMILES string of the molecule is CCc1ccc(NC(=O)c2sc3nc(C)c(Cl)c(C)c3c2NC(=O)c2ccccc2OC)cc1. The molecule has 0 aliphatic heterocycles. The normalized spacial score (nSPS) is 10.9. The molecule has 0 saturated carbocycles. The summed E-state index contributed by atoms with van der Waals surface area (Å²) in [5.74, 6) is -0.296. The molecule has 0 atom stereocenters. The van der Waals surface area contributed by atoms with E-state index >= 15 is 0 Å². The molecule has 0 aliphatic rings. The summed E-state index contributed by atoms with van der Waals surface area (Å²) in [6, 6.07) is 14.6. The zero-order valence-corrected chi connectivity index (χ0v) is 20.9. The molecule has 4 aromatic rings. The molecule has 0 aliphatic carbocycles. The van der Waals surface area contributed by atoms with Crippen LogP contribution >= 0.6 is 22.9 Å². The molecule has 0 bridgehead atoms. The third-order valence-electron chi connectivity index (χ3n) is 5.60. The van der Waals surface area contributed by atoms with Crippen molar-refractivity contribution >= 4 is 56.3 Å². The first-order chi connectivity index (χ1) is 16.3. The van der Waals surface area contributed by atoms with Gasteiger partial charge < -0.3 is 15.4 Å². The Balaban J connectivity index is 1.79. The summed E-state index contributed by atoms with van der Waals surface area (Å²) in [6.45, 7) is 5.75. The highest BCUT2D eigenvalue weighted by atomic mass is 35.5. The van der Waals surface area contributed by atoms with Crippen molar-refractivity contribution in [2.75, 3.05) is 17.7 Å². The lowest BCUT2D eigenvalue weighted by molar-refractivity contribution is 0.102. The van der Waals surface area contributed by atoms with E-state index in [0.717, 1.165) is 12.0 Å². The number of halogens is 1. The Morgan fingerprint density at radius 2 is 1.74 bits per heavy atom. The molecule has 0 radical (unpaired) electrons. The minimum atomic E-state index is -0.394. The van der Waals surface area contributed by atoms with Crippen LogP contribution in [0.5, 0.6) is 5.75 Å². The molecule has 2 N–H and O–H groups in total. The summed E-state index contributed by atoms with van der Waals surface area (Å²) >= 11 is 7.70. The second-order valence-electron chi connectivity index (χ2n) is 7.78. The topological polar surface area (TPSA) is 80.3 Å². The molecule has 0 spiro atoms. The maximum atomic E-state index is 13.3. The number of hydrogen-bond donors (Lipinski definition) is 2. The number of fused-ring (bicyclic) bond motifs is 1. The van der Waals surface area contributed by atoms with Crippen LogP contribution in [0.25, 0.3) is 10.2 Å². The van der Waals surface area contributed by atoms with Gasteiger partial charge in [-0.15, -0.1) is 11.3 Å². The summed E-state index contributed by atoms with van der Waals surface area (Å²) in [6.07, 6.45) is 0.911. The van der Waals surface area contributed by atoms with Crippen molar-refractivity contribution in [2.24, 2.45) is 0 Å². The van der Waals surface area contributed by atoms with Gasteiger partial charge in [-0.2, -0.15) is 0 Å². The summed E-state index contributed by atoms with van der Waals surface area (Å²) < 4.78 is 5.34. The van der Waals surface area contributed by atoms with Crippen LogP contribution in [0, 0.1) is 13.8 Å². The van der Waals surface area contributed by atoms with Gasteiger partial charge in [0.2, 0.25) is 0 Å². The van der Waals surface area contributed by atoms with Gasteiger partial charge in [-0.05, 0) is 55.7 Å². The second kappa shape index (κ2) is 9.83. The van der Waals surface area contributed by atoms with Crippen molar-refractivity contribution in [1.29, 1.82) is 0 Å². The van der Waals surface area contributed by atoms with Crippen molar-refractivity contribution in [3.8, 4) is 5.75 Å². The van der Waals surface area contributed by atoms with E-state index in [1.165, 1.54) is 24.0 Å². The van der Waals surface area contributed by atoms with E-state index in [0.29, 0.717) is 48.5 Å². The third-order valence-corrected chi connectivity index (χ3v) is 7.24. The fourth-order valence-electron chi connectivity index (χ4n) is 3.73. The number of para-hydroxylation sites is 1. The van der Waals surface area contributed by atoms with Crippen molar-refractivity contribution < 1.29 is 14.3 Å². The molecule has 2 heterocycles. The van der Waals surface area contributed by atoms with E-state index in [-0.39, 0.29) is 5.91 Å². The number of carbonyl (C=O) groups excluding carboxylic acids is 2. The van der Waals surface area contributed by atoms with Crippen LogP contribution in [0.2, 0.25) is 5.02 Å². The van der Waals surface area contributed by atoms with E-state index in [4.69, 9.17) is 16.3 Å². The standard InChI is InChI=1S/C26H24ClN3O3S/c1-5-16-10-12-17(13-11-16)29-25(32)23-22(20-14(2)21(27)15(3)28-26(20)34-23)30-24(31)18-8-6-7-9-19(18)33-4/h6-13H,5H2,1-4H3,(H,29,32)(H,30,31). The van der Waals surface area contributed by atoms with E-state index in [9.17, 15) is 9.59 Å². The number of carbonyl (C=O) groups is 2. The highest BCUT2D eigenvalue weighted by molar-refractivity contribution is 7.21. The van der Waals surface area contributed by atoms with Gasteiger partial charge in [-0.1, -0.05) is 42.8 Å². The maximum Gasteiger partial charge on any atom is 0.267 e. The van der Waals surface area contributed by atoms with Crippen molar-refractivity contribution in [1.82, 2.24) is 4.98 Å². The van der Waals surface area contributed by atoms with Gasteiger partial charge in [-0.25, -0.2) is 4.98 Å². The van der Waals surface area contributed by atoms with Crippen molar-refractivity contribution in [3.05, 3.63) is 80.8 Å². The Morgan fingerprint density at radius 3 is 2.41 bits per heavy atom. The second-order valence-corrected chi connectivity index (χ2v) is 9.16. The van der Waals surface area contributed by atoms with Gasteiger partial charge in [0.15, 0.2) is 0 Å². The van der Waals surface area contributed by atoms with Crippen molar-refractivity contribution in [2.45, 2.75) is 27.2 Å². The summed E-state index contributed by atoms with van der Waals surface area (Å²) in [4.78, 5) is 32.1.